The van der Waals surface area contributed by atoms with E-state index in [0.29, 0.717) is 19.3 Å². The molecular formula is C7H12N2O2. The highest BCUT2D eigenvalue weighted by Crippen LogP contribution is 2.01. The van der Waals surface area contributed by atoms with E-state index in [0.717, 1.165) is 6.42 Å². The van der Waals surface area contributed by atoms with Gasteiger partial charge in [0, 0.05) is 6.42 Å². The predicted octanol–water partition coefficient (Wildman–Crippen LogP) is 0.482. The topological polar surface area (TPSA) is 87.1 Å². The molecule has 3 N–H and O–H groups in total. The van der Waals surface area contributed by atoms with Gasteiger partial charge in [0.25, 0.3) is 0 Å². The molecular weight excluding hydrogens is 144 g/mol. The van der Waals surface area contributed by atoms with Gasteiger partial charge in [0.1, 0.15) is 6.04 Å². The van der Waals surface area contributed by atoms with Crippen molar-refractivity contribution in [3.63, 3.8) is 0 Å². The van der Waals surface area contributed by atoms with Crippen molar-refractivity contribution in [3.05, 3.63) is 0 Å². The van der Waals surface area contributed by atoms with Gasteiger partial charge in [0.2, 0.25) is 0 Å². The minimum absolute atomic E-state index is 0.455. The van der Waals surface area contributed by atoms with Crippen molar-refractivity contribution in [2.24, 2.45) is 5.73 Å². The molecule has 0 aromatic rings. The Bertz CT molecular complexity index is 162. The molecule has 0 bridgehead atoms. The number of carboxylic acid groups (broad SMARTS) is 1. The summed E-state index contributed by atoms with van der Waals surface area (Å²) in [6, 6.07) is 1.21. The number of nitrogens with zero attached hydrogens (tertiary/aromatic N) is 1. The van der Waals surface area contributed by atoms with Crippen molar-refractivity contribution in [3.8, 4) is 6.07 Å². The summed E-state index contributed by atoms with van der Waals surface area (Å²) in [5.74, 6) is -0.970. The van der Waals surface area contributed by atoms with Crippen LogP contribution in [0.4, 0.5) is 0 Å². The first kappa shape index (κ1) is 9.92. The van der Waals surface area contributed by atoms with E-state index in [2.05, 4.69) is 0 Å². The third kappa shape index (κ3) is 5.37. The van der Waals surface area contributed by atoms with Crippen molar-refractivity contribution in [2.45, 2.75) is 31.7 Å². The summed E-state index contributed by atoms with van der Waals surface area (Å²) in [5, 5.41) is 16.5. The number of nitriles is 1. The molecule has 4 heteroatoms. The molecule has 0 unspecified atom stereocenters. The Labute approximate surface area is 65.6 Å². The van der Waals surface area contributed by atoms with Crippen LogP contribution in [0.25, 0.3) is 0 Å². The van der Waals surface area contributed by atoms with Crippen LogP contribution in [-0.4, -0.2) is 17.1 Å². The molecule has 0 saturated carbocycles. The first-order valence-electron chi connectivity index (χ1n) is 3.54. The molecule has 0 amide bonds. The molecule has 0 rings (SSSR count). The molecule has 0 saturated heterocycles. The number of unbranched alkanes of at least 4 members (excludes halogenated alkanes) is 2. The Balaban J connectivity index is 3.26. The van der Waals surface area contributed by atoms with Crippen LogP contribution in [0.2, 0.25) is 0 Å². The van der Waals surface area contributed by atoms with Crippen molar-refractivity contribution in [1.29, 1.82) is 5.26 Å². The molecule has 0 aromatic heterocycles. The smallest absolute Gasteiger partial charge is 0.320 e. The maximum Gasteiger partial charge on any atom is 0.320 e. The highest BCUT2D eigenvalue weighted by Gasteiger charge is 2.09. The number of carbonyl (C=O) groups is 1. The van der Waals surface area contributed by atoms with Gasteiger partial charge in [-0.15, -0.1) is 0 Å². The lowest BCUT2D eigenvalue weighted by Crippen LogP contribution is -2.29. The SMILES string of the molecule is N#CCCCC[C@H](N)C(=O)O. The summed E-state index contributed by atoms with van der Waals surface area (Å²) in [6.45, 7) is 0. The fourth-order valence-corrected chi connectivity index (χ4v) is 0.692. The van der Waals surface area contributed by atoms with Crippen molar-refractivity contribution in [2.75, 3.05) is 0 Å². The van der Waals surface area contributed by atoms with Gasteiger partial charge >= 0.3 is 5.97 Å². The Morgan fingerprint density at radius 3 is 2.73 bits per heavy atom. The molecule has 62 valence electrons. The minimum atomic E-state index is -0.970. The minimum Gasteiger partial charge on any atom is -0.480 e. The zero-order valence-electron chi connectivity index (χ0n) is 6.29. The number of rotatable bonds is 5. The molecule has 1 atom stereocenters. The second kappa shape index (κ2) is 5.69. The molecule has 0 aliphatic carbocycles. The number of hydrogen-bond donors (Lipinski definition) is 2. The van der Waals surface area contributed by atoms with Crippen molar-refractivity contribution in [1.82, 2.24) is 0 Å². The van der Waals surface area contributed by atoms with E-state index in [4.69, 9.17) is 16.1 Å². The molecule has 0 fully saturated rings. The molecule has 0 spiro atoms. The summed E-state index contributed by atoms with van der Waals surface area (Å²) in [6.07, 6.45) is 2.38. The second-order valence-electron chi connectivity index (χ2n) is 2.35. The van der Waals surface area contributed by atoms with Gasteiger partial charge in [-0.2, -0.15) is 5.26 Å². The number of nitrogens with two attached hydrogens (primary N) is 1. The fraction of sp³-hybridized carbons (Fsp3) is 0.714. The van der Waals surface area contributed by atoms with Crippen LogP contribution in [0.3, 0.4) is 0 Å². The average Bonchev–Trinajstić information content (AvgIpc) is 1.97. The second-order valence-corrected chi connectivity index (χ2v) is 2.35. The van der Waals surface area contributed by atoms with E-state index < -0.39 is 12.0 Å². The van der Waals surface area contributed by atoms with Gasteiger partial charge in [-0.3, -0.25) is 4.79 Å². The van der Waals surface area contributed by atoms with E-state index in [1.54, 1.807) is 0 Å². The van der Waals surface area contributed by atoms with Crippen molar-refractivity contribution < 1.29 is 9.90 Å². The van der Waals surface area contributed by atoms with E-state index in [1.807, 2.05) is 6.07 Å². The third-order valence-electron chi connectivity index (χ3n) is 1.37. The van der Waals surface area contributed by atoms with Gasteiger partial charge in [-0.25, -0.2) is 0 Å². The molecule has 0 aliphatic heterocycles. The normalized spacial score (nSPS) is 12.0. The summed E-state index contributed by atoms with van der Waals surface area (Å²) >= 11 is 0. The third-order valence-corrected chi connectivity index (χ3v) is 1.37. The lowest BCUT2D eigenvalue weighted by Gasteiger charge is -2.03. The maximum absolute atomic E-state index is 10.2. The molecule has 0 heterocycles. The summed E-state index contributed by atoms with van der Waals surface area (Å²) in [4.78, 5) is 10.2. The van der Waals surface area contributed by atoms with Crippen LogP contribution in [0, 0.1) is 11.3 Å². The zero-order valence-corrected chi connectivity index (χ0v) is 6.29. The van der Waals surface area contributed by atoms with Gasteiger partial charge in [-0.05, 0) is 12.8 Å². The van der Waals surface area contributed by atoms with Crippen molar-refractivity contribution >= 4 is 5.97 Å². The molecule has 0 aromatic carbocycles. The Morgan fingerprint density at radius 2 is 2.27 bits per heavy atom. The monoisotopic (exact) mass is 156 g/mol. The Morgan fingerprint density at radius 1 is 1.64 bits per heavy atom. The van der Waals surface area contributed by atoms with Gasteiger partial charge in [-0.1, -0.05) is 6.42 Å². The van der Waals surface area contributed by atoms with Gasteiger partial charge < -0.3 is 10.8 Å². The zero-order chi connectivity index (χ0) is 8.69. The molecule has 4 nitrogen and oxygen atoms in total. The lowest BCUT2D eigenvalue weighted by atomic mass is 10.1. The maximum atomic E-state index is 10.2. The first-order chi connectivity index (χ1) is 5.18. The van der Waals surface area contributed by atoms with E-state index >= 15 is 0 Å². The molecule has 0 radical (unpaired) electrons. The summed E-state index contributed by atoms with van der Waals surface area (Å²) in [7, 11) is 0. The Kier molecular flexibility index (Phi) is 5.13. The fourth-order valence-electron chi connectivity index (χ4n) is 0.692. The van der Waals surface area contributed by atoms with Crippen LogP contribution in [0.5, 0.6) is 0 Å². The van der Waals surface area contributed by atoms with Crippen LogP contribution >= 0.6 is 0 Å². The highest BCUT2D eigenvalue weighted by molar-refractivity contribution is 5.72. The largest absolute Gasteiger partial charge is 0.480 e. The number of aliphatic carboxylic acids is 1. The Hall–Kier alpha value is -1.08. The van der Waals surface area contributed by atoms with Crippen LogP contribution in [-0.2, 0) is 4.79 Å². The van der Waals surface area contributed by atoms with Crippen LogP contribution < -0.4 is 5.73 Å². The van der Waals surface area contributed by atoms with Gasteiger partial charge in [0.05, 0.1) is 6.07 Å². The van der Waals surface area contributed by atoms with E-state index in [-0.39, 0.29) is 0 Å². The summed E-state index contributed by atoms with van der Waals surface area (Å²) < 4.78 is 0. The average molecular weight is 156 g/mol. The van der Waals surface area contributed by atoms with E-state index in [9.17, 15) is 4.79 Å². The quantitative estimate of drug-likeness (QED) is 0.567. The van der Waals surface area contributed by atoms with Crippen LogP contribution in [0.15, 0.2) is 0 Å². The van der Waals surface area contributed by atoms with Gasteiger partial charge in [0.15, 0.2) is 0 Å². The standard InChI is InChI=1S/C7H12N2O2/c8-5-3-1-2-4-6(9)7(10)11/h6H,1-4,9H2,(H,10,11)/t6-/m0/s1. The highest BCUT2D eigenvalue weighted by atomic mass is 16.4. The lowest BCUT2D eigenvalue weighted by molar-refractivity contribution is -0.138. The summed E-state index contributed by atoms with van der Waals surface area (Å²) in [5.41, 5.74) is 5.22. The molecule has 0 aliphatic rings. The van der Waals surface area contributed by atoms with Crippen LogP contribution in [0.1, 0.15) is 25.7 Å². The first-order valence-corrected chi connectivity index (χ1v) is 3.54. The number of carboxylic acids is 1. The predicted molar refractivity (Wildman–Crippen MR) is 39.7 cm³/mol. The molecule has 11 heavy (non-hydrogen) atoms. The number of hydrogen-bond acceptors (Lipinski definition) is 3. The van der Waals surface area contributed by atoms with E-state index in [1.165, 1.54) is 0 Å².